The number of methoxy groups -OCH3 is 1. The fraction of sp³-hybridized carbons (Fsp3) is 0.333. The molecule has 0 aromatic heterocycles. The highest BCUT2D eigenvalue weighted by molar-refractivity contribution is 7.98. The van der Waals surface area contributed by atoms with Crippen molar-refractivity contribution in [3.05, 3.63) is 23.2 Å². The van der Waals surface area contributed by atoms with Crippen LogP contribution in [0.3, 0.4) is 0 Å². The van der Waals surface area contributed by atoms with E-state index in [0.29, 0.717) is 10.8 Å². The quantitative estimate of drug-likeness (QED) is 0.572. The third-order valence-electron chi connectivity index (χ3n) is 1.47. The first-order valence-electron chi connectivity index (χ1n) is 3.73. The second-order valence-corrected chi connectivity index (χ2v) is 3.63. The van der Waals surface area contributed by atoms with Crippen LogP contribution in [0.1, 0.15) is 0 Å². The summed E-state index contributed by atoms with van der Waals surface area (Å²) in [7, 11) is 1.57. The van der Waals surface area contributed by atoms with Crippen molar-refractivity contribution in [1.82, 2.24) is 0 Å². The van der Waals surface area contributed by atoms with Gasteiger partial charge in [-0.05, 0) is 24.5 Å². The summed E-state index contributed by atoms with van der Waals surface area (Å²) >= 11 is 7.59. The Morgan fingerprint density at radius 3 is 2.77 bits per heavy atom. The van der Waals surface area contributed by atoms with Crippen LogP contribution in [0.25, 0.3) is 0 Å². The van der Waals surface area contributed by atoms with Gasteiger partial charge in [0.15, 0.2) is 6.79 Å². The molecule has 4 heteroatoms. The SMILES string of the molecule is COCOc1ccc(SC)cc1Cl. The Hall–Kier alpha value is -0.380. The van der Waals surface area contributed by atoms with E-state index in [0.717, 1.165) is 4.90 Å². The van der Waals surface area contributed by atoms with E-state index in [1.807, 2.05) is 24.5 Å². The van der Waals surface area contributed by atoms with Gasteiger partial charge in [0.2, 0.25) is 0 Å². The largest absolute Gasteiger partial charge is 0.466 e. The molecule has 0 saturated heterocycles. The average molecular weight is 219 g/mol. The van der Waals surface area contributed by atoms with Gasteiger partial charge in [-0.1, -0.05) is 11.6 Å². The molecule has 1 aromatic rings. The van der Waals surface area contributed by atoms with Crippen LogP contribution in [0.15, 0.2) is 23.1 Å². The van der Waals surface area contributed by atoms with E-state index in [-0.39, 0.29) is 6.79 Å². The van der Waals surface area contributed by atoms with Crippen LogP contribution < -0.4 is 4.74 Å². The van der Waals surface area contributed by atoms with Crippen molar-refractivity contribution in [2.24, 2.45) is 0 Å². The van der Waals surface area contributed by atoms with Gasteiger partial charge < -0.3 is 9.47 Å². The van der Waals surface area contributed by atoms with Gasteiger partial charge >= 0.3 is 0 Å². The first-order chi connectivity index (χ1) is 6.27. The zero-order valence-corrected chi connectivity index (χ0v) is 9.11. The maximum Gasteiger partial charge on any atom is 0.188 e. The zero-order valence-electron chi connectivity index (χ0n) is 7.54. The van der Waals surface area contributed by atoms with Gasteiger partial charge in [0, 0.05) is 12.0 Å². The Morgan fingerprint density at radius 1 is 1.46 bits per heavy atom. The van der Waals surface area contributed by atoms with Crippen LogP contribution in [-0.4, -0.2) is 20.2 Å². The predicted octanol–water partition coefficient (Wildman–Crippen LogP) is 3.04. The number of benzene rings is 1. The number of rotatable bonds is 4. The Labute approximate surface area is 87.2 Å². The predicted molar refractivity (Wildman–Crippen MR) is 55.7 cm³/mol. The molecule has 0 heterocycles. The van der Waals surface area contributed by atoms with Crippen LogP contribution in [-0.2, 0) is 4.74 Å². The molecule has 13 heavy (non-hydrogen) atoms. The average Bonchev–Trinajstić information content (AvgIpc) is 2.16. The van der Waals surface area contributed by atoms with E-state index >= 15 is 0 Å². The van der Waals surface area contributed by atoms with Crippen LogP contribution >= 0.6 is 23.4 Å². The van der Waals surface area contributed by atoms with Crippen molar-refractivity contribution in [3.8, 4) is 5.75 Å². The van der Waals surface area contributed by atoms with Gasteiger partial charge in [-0.2, -0.15) is 0 Å². The molecule has 0 N–H and O–H groups in total. The molecule has 0 amide bonds. The van der Waals surface area contributed by atoms with Gasteiger partial charge in [0.25, 0.3) is 0 Å². The second-order valence-electron chi connectivity index (χ2n) is 2.35. The minimum atomic E-state index is 0.221. The van der Waals surface area contributed by atoms with Gasteiger partial charge in [-0.25, -0.2) is 0 Å². The summed E-state index contributed by atoms with van der Waals surface area (Å²) < 4.78 is 9.99. The minimum absolute atomic E-state index is 0.221. The van der Waals surface area contributed by atoms with Crippen molar-refractivity contribution in [2.45, 2.75) is 4.90 Å². The summed E-state index contributed by atoms with van der Waals surface area (Å²) in [6.45, 7) is 0.221. The maximum atomic E-state index is 5.95. The first kappa shape index (κ1) is 10.7. The third kappa shape index (κ3) is 3.10. The monoisotopic (exact) mass is 218 g/mol. The molecule has 0 atom stereocenters. The number of halogens is 1. The molecular formula is C9H11ClO2S. The van der Waals surface area contributed by atoms with E-state index < -0.39 is 0 Å². The summed E-state index contributed by atoms with van der Waals surface area (Å²) in [4.78, 5) is 1.12. The lowest BCUT2D eigenvalue weighted by Crippen LogP contribution is -1.99. The molecule has 1 rings (SSSR count). The number of hydrogen-bond donors (Lipinski definition) is 0. The van der Waals surface area contributed by atoms with Crippen molar-refractivity contribution in [1.29, 1.82) is 0 Å². The van der Waals surface area contributed by atoms with Crippen LogP contribution in [0.5, 0.6) is 5.75 Å². The molecule has 1 aromatic carbocycles. The van der Waals surface area contributed by atoms with Crippen molar-refractivity contribution in [2.75, 3.05) is 20.2 Å². The molecule has 0 spiro atoms. The number of ether oxygens (including phenoxy) is 2. The van der Waals surface area contributed by atoms with Crippen LogP contribution in [0, 0.1) is 0 Å². The van der Waals surface area contributed by atoms with Crippen molar-refractivity contribution >= 4 is 23.4 Å². The lowest BCUT2D eigenvalue weighted by Gasteiger charge is -2.07. The topological polar surface area (TPSA) is 18.5 Å². The van der Waals surface area contributed by atoms with E-state index in [1.165, 1.54) is 0 Å². The van der Waals surface area contributed by atoms with E-state index in [4.69, 9.17) is 21.1 Å². The molecule has 0 aliphatic rings. The lowest BCUT2D eigenvalue weighted by molar-refractivity contribution is 0.0511. The van der Waals surface area contributed by atoms with E-state index in [2.05, 4.69) is 0 Å². The fourth-order valence-electron chi connectivity index (χ4n) is 0.848. The molecule has 72 valence electrons. The highest BCUT2D eigenvalue weighted by Gasteiger charge is 2.01. The van der Waals surface area contributed by atoms with Gasteiger partial charge in [-0.3, -0.25) is 0 Å². The summed E-state index contributed by atoms with van der Waals surface area (Å²) in [5, 5.41) is 0.615. The molecule has 0 saturated carbocycles. The highest BCUT2D eigenvalue weighted by atomic mass is 35.5. The van der Waals surface area contributed by atoms with Gasteiger partial charge in [0.1, 0.15) is 5.75 Å². The van der Waals surface area contributed by atoms with Gasteiger partial charge in [-0.15, -0.1) is 11.8 Å². The third-order valence-corrected chi connectivity index (χ3v) is 2.49. The number of hydrogen-bond acceptors (Lipinski definition) is 3. The van der Waals surface area contributed by atoms with Gasteiger partial charge in [0.05, 0.1) is 5.02 Å². The minimum Gasteiger partial charge on any atom is -0.466 e. The Morgan fingerprint density at radius 2 is 2.23 bits per heavy atom. The molecule has 0 aliphatic carbocycles. The molecule has 0 aliphatic heterocycles. The molecule has 0 fully saturated rings. The van der Waals surface area contributed by atoms with Crippen molar-refractivity contribution < 1.29 is 9.47 Å². The summed E-state index contributed by atoms with van der Waals surface area (Å²) in [6, 6.07) is 5.67. The lowest BCUT2D eigenvalue weighted by atomic mass is 10.3. The molecule has 0 radical (unpaired) electrons. The van der Waals surface area contributed by atoms with Crippen molar-refractivity contribution in [3.63, 3.8) is 0 Å². The number of thioether (sulfide) groups is 1. The van der Waals surface area contributed by atoms with E-state index in [9.17, 15) is 0 Å². The molecule has 0 bridgehead atoms. The Balaban J connectivity index is 2.73. The smallest absolute Gasteiger partial charge is 0.188 e. The fourth-order valence-corrected chi connectivity index (χ4v) is 1.59. The van der Waals surface area contributed by atoms with Crippen LogP contribution in [0.2, 0.25) is 5.02 Å². The summed E-state index contributed by atoms with van der Waals surface area (Å²) in [6.07, 6.45) is 2.00. The Bertz CT molecular complexity index is 278. The summed E-state index contributed by atoms with van der Waals surface area (Å²) in [5.74, 6) is 0.654. The molecule has 0 unspecified atom stereocenters. The second kappa shape index (κ2) is 5.37. The maximum absolute atomic E-state index is 5.95. The molecular weight excluding hydrogens is 208 g/mol. The standard InChI is InChI=1S/C9H11ClO2S/c1-11-6-12-9-4-3-7(13-2)5-8(9)10/h3-5H,6H2,1-2H3. The van der Waals surface area contributed by atoms with Crippen LogP contribution in [0.4, 0.5) is 0 Å². The van der Waals surface area contributed by atoms with E-state index in [1.54, 1.807) is 18.9 Å². The summed E-state index contributed by atoms with van der Waals surface area (Å²) in [5.41, 5.74) is 0. The highest BCUT2D eigenvalue weighted by Crippen LogP contribution is 2.28. The molecule has 2 nitrogen and oxygen atoms in total. The Kier molecular flexibility index (Phi) is 4.42. The first-order valence-corrected chi connectivity index (χ1v) is 5.33. The normalized spacial score (nSPS) is 10.1. The zero-order chi connectivity index (χ0) is 9.68.